The molecule has 21 heavy (non-hydrogen) atoms. The third-order valence-corrected chi connectivity index (χ3v) is 4.29. The molecule has 0 saturated heterocycles. The fourth-order valence-electron chi connectivity index (χ4n) is 1.94. The Morgan fingerprint density at radius 1 is 1.10 bits per heavy atom. The summed E-state index contributed by atoms with van der Waals surface area (Å²) in [5.41, 5.74) is 6.89. The van der Waals surface area contributed by atoms with Gasteiger partial charge < -0.3 is 11.1 Å². The highest BCUT2D eigenvalue weighted by atomic mass is 79.9. The van der Waals surface area contributed by atoms with E-state index in [1.165, 1.54) is 0 Å². The topological polar surface area (TPSA) is 55.1 Å². The van der Waals surface area contributed by atoms with Gasteiger partial charge in [-0.15, -0.1) is 0 Å². The molecular weight excluding hydrogens is 342 g/mol. The quantitative estimate of drug-likeness (QED) is 0.794. The number of hydrogen-bond donors (Lipinski definition) is 2. The Labute approximate surface area is 129 Å². The van der Waals surface area contributed by atoms with Gasteiger partial charge in [0, 0.05) is 15.7 Å². The molecule has 110 valence electrons. The number of rotatable bonds is 2. The summed E-state index contributed by atoms with van der Waals surface area (Å²) in [6, 6.07) is 5.34. The summed E-state index contributed by atoms with van der Waals surface area (Å²) in [7, 11) is 0. The van der Waals surface area contributed by atoms with Crippen molar-refractivity contribution in [1.29, 1.82) is 0 Å². The van der Waals surface area contributed by atoms with Gasteiger partial charge in [0.2, 0.25) is 0 Å². The lowest BCUT2D eigenvalue weighted by molar-refractivity contribution is 0.102. The van der Waals surface area contributed by atoms with E-state index < -0.39 is 23.2 Å². The van der Waals surface area contributed by atoms with Crippen LogP contribution in [-0.4, -0.2) is 5.91 Å². The number of nitrogen functional groups attached to an aromatic ring is 1. The van der Waals surface area contributed by atoms with Gasteiger partial charge in [-0.1, -0.05) is 15.9 Å². The van der Waals surface area contributed by atoms with Gasteiger partial charge in [-0.05, 0) is 49.2 Å². The summed E-state index contributed by atoms with van der Waals surface area (Å²) < 4.78 is 27.7. The number of carbonyl (C=O) groups is 1. The van der Waals surface area contributed by atoms with E-state index in [4.69, 9.17) is 5.73 Å². The zero-order valence-electron chi connectivity index (χ0n) is 11.4. The molecule has 2 aromatic rings. The molecule has 0 fully saturated rings. The first-order chi connectivity index (χ1) is 9.79. The van der Waals surface area contributed by atoms with Crippen molar-refractivity contribution in [3.8, 4) is 0 Å². The largest absolute Gasteiger partial charge is 0.394 e. The van der Waals surface area contributed by atoms with E-state index in [1.54, 1.807) is 12.1 Å². The number of amides is 1. The highest BCUT2D eigenvalue weighted by Crippen LogP contribution is 2.25. The summed E-state index contributed by atoms with van der Waals surface area (Å²) in [5, 5.41) is 2.61. The molecule has 3 nitrogen and oxygen atoms in total. The van der Waals surface area contributed by atoms with Crippen LogP contribution in [-0.2, 0) is 0 Å². The third kappa shape index (κ3) is 3.21. The molecule has 0 aliphatic rings. The van der Waals surface area contributed by atoms with Crippen LogP contribution in [0.4, 0.5) is 20.2 Å². The van der Waals surface area contributed by atoms with Crippen molar-refractivity contribution in [1.82, 2.24) is 0 Å². The number of halogens is 3. The molecule has 0 spiro atoms. The zero-order valence-corrected chi connectivity index (χ0v) is 13.0. The van der Waals surface area contributed by atoms with E-state index in [2.05, 4.69) is 21.2 Å². The predicted molar refractivity (Wildman–Crippen MR) is 82.3 cm³/mol. The lowest BCUT2D eigenvalue weighted by Gasteiger charge is -2.10. The Hall–Kier alpha value is -1.95. The molecule has 0 aromatic heterocycles. The molecule has 0 unspecified atom stereocenters. The second-order valence-electron chi connectivity index (χ2n) is 4.73. The molecule has 3 N–H and O–H groups in total. The highest BCUT2D eigenvalue weighted by Gasteiger charge is 2.14. The van der Waals surface area contributed by atoms with E-state index in [1.807, 2.05) is 13.8 Å². The zero-order chi connectivity index (χ0) is 15.7. The number of benzene rings is 2. The van der Waals surface area contributed by atoms with Gasteiger partial charge in [0.25, 0.3) is 5.91 Å². The molecule has 0 heterocycles. The maximum Gasteiger partial charge on any atom is 0.255 e. The van der Waals surface area contributed by atoms with Crippen LogP contribution in [0.2, 0.25) is 0 Å². The van der Waals surface area contributed by atoms with Crippen LogP contribution in [0.25, 0.3) is 0 Å². The second kappa shape index (κ2) is 5.81. The van der Waals surface area contributed by atoms with E-state index in [9.17, 15) is 13.6 Å². The fraction of sp³-hybridized carbons (Fsp3) is 0.133. The van der Waals surface area contributed by atoms with Crippen LogP contribution in [0.15, 0.2) is 28.7 Å². The van der Waals surface area contributed by atoms with Gasteiger partial charge in [-0.2, -0.15) is 0 Å². The Morgan fingerprint density at radius 3 is 2.05 bits per heavy atom. The van der Waals surface area contributed by atoms with Crippen molar-refractivity contribution in [3.05, 3.63) is 57.1 Å². The summed E-state index contributed by atoms with van der Waals surface area (Å²) in [5.74, 6) is -2.51. The first-order valence-corrected chi connectivity index (χ1v) is 6.91. The van der Waals surface area contributed by atoms with E-state index >= 15 is 0 Å². The summed E-state index contributed by atoms with van der Waals surface area (Å²) in [6.45, 7) is 3.77. The van der Waals surface area contributed by atoms with Gasteiger partial charge in [0.15, 0.2) is 0 Å². The third-order valence-electron chi connectivity index (χ3n) is 3.04. The van der Waals surface area contributed by atoms with Gasteiger partial charge >= 0.3 is 0 Å². The smallest absolute Gasteiger partial charge is 0.255 e. The van der Waals surface area contributed by atoms with E-state index in [0.29, 0.717) is 5.69 Å². The maximum absolute atomic E-state index is 13.4. The first-order valence-electron chi connectivity index (χ1n) is 6.12. The van der Waals surface area contributed by atoms with Crippen molar-refractivity contribution in [2.75, 3.05) is 11.1 Å². The molecule has 0 bridgehead atoms. The summed E-state index contributed by atoms with van der Waals surface area (Å²) in [4.78, 5) is 12.0. The van der Waals surface area contributed by atoms with Crippen LogP contribution >= 0.6 is 15.9 Å². The molecular formula is C15H13BrF2N2O. The van der Waals surface area contributed by atoms with Crippen LogP contribution in [0.3, 0.4) is 0 Å². The monoisotopic (exact) mass is 354 g/mol. The number of aryl methyl sites for hydroxylation is 2. The summed E-state index contributed by atoms with van der Waals surface area (Å²) in [6.07, 6.45) is 0. The van der Waals surface area contributed by atoms with Crippen LogP contribution < -0.4 is 11.1 Å². The Balaban J connectivity index is 2.30. The maximum atomic E-state index is 13.4. The van der Waals surface area contributed by atoms with Crippen molar-refractivity contribution in [2.24, 2.45) is 0 Å². The SMILES string of the molecule is Cc1cc(NC(=O)c2cc(F)c(N)c(F)c2)cc(C)c1Br. The first kappa shape index (κ1) is 15.4. The molecule has 0 atom stereocenters. The van der Waals surface area contributed by atoms with Crippen LogP contribution in [0.5, 0.6) is 0 Å². The number of carbonyl (C=O) groups excluding carboxylic acids is 1. The fourth-order valence-corrected chi connectivity index (χ4v) is 2.17. The molecule has 0 radical (unpaired) electrons. The van der Waals surface area contributed by atoms with Crippen molar-refractivity contribution in [2.45, 2.75) is 13.8 Å². The van der Waals surface area contributed by atoms with Gasteiger partial charge in [-0.3, -0.25) is 4.79 Å². The number of nitrogens with two attached hydrogens (primary N) is 1. The summed E-state index contributed by atoms with van der Waals surface area (Å²) >= 11 is 3.43. The predicted octanol–water partition coefficient (Wildman–Crippen LogP) is 4.18. The minimum atomic E-state index is -0.955. The molecule has 2 rings (SSSR count). The minimum Gasteiger partial charge on any atom is -0.394 e. The van der Waals surface area contributed by atoms with Gasteiger partial charge in [0.1, 0.15) is 17.3 Å². The van der Waals surface area contributed by atoms with Gasteiger partial charge in [-0.25, -0.2) is 8.78 Å². The Bertz CT molecular complexity index is 686. The van der Waals surface area contributed by atoms with E-state index in [0.717, 1.165) is 27.7 Å². The van der Waals surface area contributed by atoms with E-state index in [-0.39, 0.29) is 5.56 Å². The van der Waals surface area contributed by atoms with Crippen molar-refractivity contribution in [3.63, 3.8) is 0 Å². The van der Waals surface area contributed by atoms with Gasteiger partial charge in [0.05, 0.1) is 0 Å². The lowest BCUT2D eigenvalue weighted by atomic mass is 10.1. The van der Waals surface area contributed by atoms with Crippen LogP contribution in [0, 0.1) is 25.5 Å². The molecule has 2 aromatic carbocycles. The molecule has 0 saturated carbocycles. The average Bonchev–Trinajstić information content (AvgIpc) is 2.41. The normalized spacial score (nSPS) is 10.5. The van der Waals surface area contributed by atoms with Crippen molar-refractivity contribution >= 4 is 33.2 Å². The number of nitrogens with one attached hydrogen (secondary N) is 1. The molecule has 0 aliphatic carbocycles. The Morgan fingerprint density at radius 2 is 1.57 bits per heavy atom. The molecule has 6 heteroatoms. The van der Waals surface area contributed by atoms with Crippen molar-refractivity contribution < 1.29 is 13.6 Å². The number of hydrogen-bond acceptors (Lipinski definition) is 2. The standard InChI is InChI=1S/C15H13BrF2N2O/c1-7-3-10(4-8(2)13(7)16)20-15(21)9-5-11(17)14(19)12(18)6-9/h3-6H,19H2,1-2H3,(H,20,21). The molecule has 0 aliphatic heterocycles. The molecule has 1 amide bonds. The number of anilines is 2. The Kier molecular flexibility index (Phi) is 4.27. The average molecular weight is 355 g/mol. The van der Waals surface area contributed by atoms with Crippen LogP contribution in [0.1, 0.15) is 21.5 Å². The highest BCUT2D eigenvalue weighted by molar-refractivity contribution is 9.10. The minimum absolute atomic E-state index is 0.127. The lowest BCUT2D eigenvalue weighted by Crippen LogP contribution is -2.13. The second-order valence-corrected chi connectivity index (χ2v) is 5.52.